The van der Waals surface area contributed by atoms with Gasteiger partial charge in [-0.05, 0) is 31.2 Å². The Morgan fingerprint density at radius 1 is 1.28 bits per heavy atom. The van der Waals surface area contributed by atoms with Crippen LogP contribution in [0, 0.1) is 5.92 Å². The standard InChI is InChI=1S/C18H25N5OS/c1-23-11-12(8-20-23)13-9-19-10-14(13)17(24)22-18-21-15-6-4-2-3-5-7-16(15)25-18/h8,11,13-14,19H,2-7,9-10H2,1H3,(H,21,22,24)/t13-,14+/m1/s1. The summed E-state index contributed by atoms with van der Waals surface area (Å²) in [6.07, 6.45) is 11.1. The van der Waals surface area contributed by atoms with Crippen molar-refractivity contribution < 1.29 is 4.79 Å². The number of aromatic nitrogens is 3. The number of nitrogens with zero attached hydrogens (tertiary/aromatic N) is 3. The van der Waals surface area contributed by atoms with Crippen LogP contribution in [-0.4, -0.2) is 33.8 Å². The molecule has 7 heteroatoms. The fraction of sp³-hybridized carbons (Fsp3) is 0.611. The molecule has 0 saturated carbocycles. The number of aryl methyl sites for hydroxylation is 3. The van der Waals surface area contributed by atoms with Crippen LogP contribution in [0.15, 0.2) is 12.4 Å². The van der Waals surface area contributed by atoms with Gasteiger partial charge in [0.1, 0.15) is 0 Å². The van der Waals surface area contributed by atoms with Crippen LogP contribution in [0.4, 0.5) is 5.13 Å². The topological polar surface area (TPSA) is 71.8 Å². The van der Waals surface area contributed by atoms with Gasteiger partial charge in [0, 0.05) is 37.1 Å². The quantitative estimate of drug-likeness (QED) is 0.883. The number of anilines is 1. The maximum Gasteiger partial charge on any atom is 0.231 e. The highest BCUT2D eigenvalue weighted by molar-refractivity contribution is 7.15. The molecule has 2 N–H and O–H groups in total. The van der Waals surface area contributed by atoms with Gasteiger partial charge < -0.3 is 10.6 Å². The van der Waals surface area contributed by atoms with Gasteiger partial charge in [-0.2, -0.15) is 5.10 Å². The third-order valence-electron chi connectivity index (χ3n) is 5.28. The highest BCUT2D eigenvalue weighted by Crippen LogP contribution is 2.31. The summed E-state index contributed by atoms with van der Waals surface area (Å²) in [4.78, 5) is 18.9. The first-order valence-electron chi connectivity index (χ1n) is 9.19. The van der Waals surface area contributed by atoms with Crippen molar-refractivity contribution in [2.45, 2.75) is 44.4 Å². The Balaban J connectivity index is 1.47. The molecule has 1 aliphatic carbocycles. The minimum atomic E-state index is -0.0734. The summed E-state index contributed by atoms with van der Waals surface area (Å²) < 4.78 is 1.80. The van der Waals surface area contributed by atoms with Crippen molar-refractivity contribution >= 4 is 22.4 Å². The Hall–Kier alpha value is -1.73. The number of fused-ring (bicyclic) bond motifs is 1. The molecule has 1 fully saturated rings. The number of amides is 1. The molecule has 0 aromatic carbocycles. The molecule has 4 rings (SSSR count). The molecule has 1 aliphatic heterocycles. The number of rotatable bonds is 3. The molecule has 0 bridgehead atoms. The molecule has 2 aromatic heterocycles. The van der Waals surface area contributed by atoms with Crippen molar-refractivity contribution in [2.24, 2.45) is 13.0 Å². The summed E-state index contributed by atoms with van der Waals surface area (Å²) in [5, 5.41) is 11.5. The Morgan fingerprint density at radius 3 is 2.92 bits per heavy atom. The largest absolute Gasteiger partial charge is 0.315 e. The van der Waals surface area contributed by atoms with Gasteiger partial charge >= 0.3 is 0 Å². The van der Waals surface area contributed by atoms with Gasteiger partial charge in [-0.1, -0.05) is 12.8 Å². The lowest BCUT2D eigenvalue weighted by Gasteiger charge is -2.15. The zero-order valence-electron chi connectivity index (χ0n) is 14.6. The lowest BCUT2D eigenvalue weighted by molar-refractivity contribution is -0.119. The molecule has 6 nitrogen and oxygen atoms in total. The second-order valence-electron chi connectivity index (χ2n) is 7.11. The number of carbonyl (C=O) groups excluding carboxylic acids is 1. The number of carbonyl (C=O) groups is 1. The molecule has 2 atom stereocenters. The number of hydrogen-bond donors (Lipinski definition) is 2. The van der Waals surface area contributed by atoms with Gasteiger partial charge in [-0.15, -0.1) is 11.3 Å². The maximum atomic E-state index is 12.8. The van der Waals surface area contributed by atoms with E-state index in [4.69, 9.17) is 4.98 Å². The highest BCUT2D eigenvalue weighted by atomic mass is 32.1. The second kappa shape index (κ2) is 7.25. The van der Waals surface area contributed by atoms with E-state index in [9.17, 15) is 4.79 Å². The maximum absolute atomic E-state index is 12.8. The van der Waals surface area contributed by atoms with Crippen LogP contribution in [0.2, 0.25) is 0 Å². The molecule has 2 aliphatic rings. The van der Waals surface area contributed by atoms with Gasteiger partial charge in [0.05, 0.1) is 17.8 Å². The Bertz CT molecular complexity index is 727. The van der Waals surface area contributed by atoms with Crippen LogP contribution in [0.3, 0.4) is 0 Å². The Kier molecular flexibility index (Phi) is 4.85. The minimum Gasteiger partial charge on any atom is -0.315 e. The summed E-state index contributed by atoms with van der Waals surface area (Å²) in [7, 11) is 1.91. The van der Waals surface area contributed by atoms with Crippen molar-refractivity contribution in [3.8, 4) is 0 Å². The van der Waals surface area contributed by atoms with Crippen LogP contribution in [0.5, 0.6) is 0 Å². The smallest absolute Gasteiger partial charge is 0.231 e. The van der Waals surface area contributed by atoms with Gasteiger partial charge in [0.15, 0.2) is 5.13 Å². The Labute approximate surface area is 152 Å². The number of thiazole rings is 1. The highest BCUT2D eigenvalue weighted by Gasteiger charge is 2.35. The lowest BCUT2D eigenvalue weighted by atomic mass is 9.90. The molecular formula is C18H25N5OS. The zero-order valence-corrected chi connectivity index (χ0v) is 15.4. The summed E-state index contributed by atoms with van der Waals surface area (Å²) in [5.74, 6) is 0.172. The van der Waals surface area contributed by atoms with E-state index in [2.05, 4.69) is 15.7 Å². The third-order valence-corrected chi connectivity index (χ3v) is 6.35. The number of hydrogen-bond acceptors (Lipinski definition) is 5. The van der Waals surface area contributed by atoms with E-state index in [-0.39, 0.29) is 17.7 Å². The molecule has 1 saturated heterocycles. The zero-order chi connectivity index (χ0) is 17.2. The van der Waals surface area contributed by atoms with Crippen molar-refractivity contribution in [3.05, 3.63) is 28.5 Å². The predicted octanol–water partition coefficient (Wildman–Crippen LogP) is 2.48. The molecule has 2 aromatic rings. The molecule has 1 amide bonds. The first-order valence-corrected chi connectivity index (χ1v) is 10.0. The summed E-state index contributed by atoms with van der Waals surface area (Å²) in [5.41, 5.74) is 2.33. The van der Waals surface area contributed by atoms with Crippen LogP contribution in [0.25, 0.3) is 0 Å². The monoisotopic (exact) mass is 359 g/mol. The van der Waals surface area contributed by atoms with E-state index < -0.39 is 0 Å². The van der Waals surface area contributed by atoms with Crippen molar-refractivity contribution in [1.82, 2.24) is 20.1 Å². The minimum absolute atomic E-state index is 0.0700. The van der Waals surface area contributed by atoms with E-state index in [0.29, 0.717) is 6.54 Å². The predicted molar refractivity (Wildman–Crippen MR) is 98.9 cm³/mol. The number of nitrogens with one attached hydrogen (secondary N) is 2. The van der Waals surface area contributed by atoms with Crippen molar-refractivity contribution in [2.75, 3.05) is 18.4 Å². The van der Waals surface area contributed by atoms with E-state index in [1.165, 1.54) is 36.3 Å². The summed E-state index contributed by atoms with van der Waals surface area (Å²) in [6, 6.07) is 0. The normalized spacial score (nSPS) is 23.7. The Morgan fingerprint density at radius 2 is 2.12 bits per heavy atom. The molecular weight excluding hydrogens is 334 g/mol. The van der Waals surface area contributed by atoms with E-state index in [1.807, 2.05) is 19.4 Å². The fourth-order valence-electron chi connectivity index (χ4n) is 3.89. The average molecular weight is 359 g/mol. The summed E-state index contributed by atoms with van der Waals surface area (Å²) in [6.45, 7) is 1.52. The van der Waals surface area contributed by atoms with Gasteiger partial charge in [-0.3, -0.25) is 9.48 Å². The average Bonchev–Trinajstić information content (AvgIpc) is 3.27. The summed E-state index contributed by atoms with van der Waals surface area (Å²) >= 11 is 1.67. The molecule has 25 heavy (non-hydrogen) atoms. The first-order chi connectivity index (χ1) is 12.2. The van der Waals surface area contributed by atoms with Gasteiger partial charge in [-0.25, -0.2) is 4.98 Å². The molecule has 3 heterocycles. The second-order valence-corrected chi connectivity index (χ2v) is 8.19. The van der Waals surface area contributed by atoms with E-state index in [0.717, 1.165) is 30.1 Å². The lowest BCUT2D eigenvalue weighted by Crippen LogP contribution is -2.28. The van der Waals surface area contributed by atoms with Crippen LogP contribution < -0.4 is 10.6 Å². The SMILES string of the molecule is Cn1cc([C@H]2CNC[C@@H]2C(=O)Nc2nc3c(s2)CCCCCC3)cn1. The molecule has 0 radical (unpaired) electrons. The van der Waals surface area contributed by atoms with Crippen molar-refractivity contribution in [1.29, 1.82) is 0 Å². The van der Waals surface area contributed by atoms with Gasteiger partial charge in [0.2, 0.25) is 5.91 Å². The van der Waals surface area contributed by atoms with Crippen molar-refractivity contribution in [3.63, 3.8) is 0 Å². The molecule has 134 valence electrons. The van der Waals surface area contributed by atoms with Gasteiger partial charge in [0.25, 0.3) is 0 Å². The molecule has 0 unspecified atom stereocenters. The fourth-order valence-corrected chi connectivity index (χ4v) is 4.95. The molecule has 0 spiro atoms. The van der Waals surface area contributed by atoms with Crippen LogP contribution in [0.1, 0.15) is 47.7 Å². The van der Waals surface area contributed by atoms with E-state index in [1.54, 1.807) is 16.0 Å². The van der Waals surface area contributed by atoms with E-state index >= 15 is 0 Å². The van der Waals surface area contributed by atoms with Crippen LogP contribution >= 0.6 is 11.3 Å². The first kappa shape index (κ1) is 16.7. The third kappa shape index (κ3) is 3.62. The van der Waals surface area contributed by atoms with Crippen LogP contribution in [-0.2, 0) is 24.7 Å².